The lowest BCUT2D eigenvalue weighted by Gasteiger charge is -2.19. The summed E-state index contributed by atoms with van der Waals surface area (Å²) in [6, 6.07) is 5.89. The highest BCUT2D eigenvalue weighted by Crippen LogP contribution is 2.30. The summed E-state index contributed by atoms with van der Waals surface area (Å²) in [5.41, 5.74) is 1.06. The Kier molecular flexibility index (Phi) is 5.38. The highest BCUT2D eigenvalue weighted by atomic mass is 16.5. The molecule has 1 aromatic rings. The van der Waals surface area contributed by atoms with Crippen molar-refractivity contribution in [3.05, 3.63) is 23.8 Å². The number of methoxy groups -OCH3 is 2. The standard InChI is InChI=1S/C14H19NO2/c1-5-7-13(15-6-2)12-9-8-11(16-3)10-14(12)17-4/h1,8-10,13,15H,6-7H2,2-4H3. The van der Waals surface area contributed by atoms with E-state index < -0.39 is 0 Å². The molecule has 0 aliphatic heterocycles. The van der Waals surface area contributed by atoms with Gasteiger partial charge in [0.15, 0.2) is 0 Å². The maximum absolute atomic E-state index is 5.39. The molecule has 3 nitrogen and oxygen atoms in total. The van der Waals surface area contributed by atoms with Gasteiger partial charge in [0.2, 0.25) is 0 Å². The molecule has 1 atom stereocenters. The van der Waals surface area contributed by atoms with Gasteiger partial charge in [-0.3, -0.25) is 0 Å². The number of hydrogen-bond donors (Lipinski definition) is 1. The number of hydrogen-bond acceptors (Lipinski definition) is 3. The number of terminal acetylenes is 1. The Morgan fingerprint density at radius 2 is 2.12 bits per heavy atom. The molecule has 0 spiro atoms. The van der Waals surface area contributed by atoms with Crippen molar-refractivity contribution in [1.29, 1.82) is 0 Å². The molecule has 17 heavy (non-hydrogen) atoms. The van der Waals surface area contributed by atoms with Crippen LogP contribution in [-0.2, 0) is 0 Å². The monoisotopic (exact) mass is 233 g/mol. The third-order valence-corrected chi connectivity index (χ3v) is 2.59. The molecular formula is C14H19NO2. The van der Waals surface area contributed by atoms with Crippen molar-refractivity contribution in [2.75, 3.05) is 20.8 Å². The first-order valence-corrected chi connectivity index (χ1v) is 5.65. The second-order valence-electron chi connectivity index (χ2n) is 3.63. The van der Waals surface area contributed by atoms with Crippen LogP contribution in [-0.4, -0.2) is 20.8 Å². The first-order valence-electron chi connectivity index (χ1n) is 5.65. The molecule has 1 unspecified atom stereocenters. The lowest BCUT2D eigenvalue weighted by Crippen LogP contribution is -2.21. The fourth-order valence-corrected chi connectivity index (χ4v) is 1.76. The van der Waals surface area contributed by atoms with Crippen LogP contribution in [0.5, 0.6) is 11.5 Å². The molecule has 92 valence electrons. The minimum Gasteiger partial charge on any atom is -0.497 e. The van der Waals surface area contributed by atoms with E-state index in [1.54, 1.807) is 14.2 Å². The Labute approximate surface area is 103 Å². The largest absolute Gasteiger partial charge is 0.497 e. The summed E-state index contributed by atoms with van der Waals surface area (Å²) in [6.45, 7) is 2.92. The third-order valence-electron chi connectivity index (χ3n) is 2.59. The Balaban J connectivity index is 3.05. The van der Waals surface area contributed by atoms with Crippen molar-refractivity contribution in [2.24, 2.45) is 0 Å². The molecule has 0 bridgehead atoms. The van der Waals surface area contributed by atoms with Crippen molar-refractivity contribution < 1.29 is 9.47 Å². The van der Waals surface area contributed by atoms with Crippen LogP contribution >= 0.6 is 0 Å². The Morgan fingerprint density at radius 3 is 2.65 bits per heavy atom. The van der Waals surface area contributed by atoms with Crippen LogP contribution in [0.3, 0.4) is 0 Å². The maximum Gasteiger partial charge on any atom is 0.127 e. The topological polar surface area (TPSA) is 30.5 Å². The van der Waals surface area contributed by atoms with Gasteiger partial charge in [0.1, 0.15) is 11.5 Å². The summed E-state index contributed by atoms with van der Waals surface area (Å²) in [7, 11) is 3.29. The fourth-order valence-electron chi connectivity index (χ4n) is 1.76. The van der Waals surface area contributed by atoms with Crippen LogP contribution in [0.1, 0.15) is 24.9 Å². The van der Waals surface area contributed by atoms with Gasteiger partial charge in [-0.25, -0.2) is 0 Å². The molecule has 3 heteroatoms. The first-order chi connectivity index (χ1) is 8.26. The van der Waals surface area contributed by atoms with Gasteiger partial charge in [-0.05, 0) is 12.6 Å². The zero-order valence-electron chi connectivity index (χ0n) is 10.6. The molecule has 1 N–H and O–H groups in total. The van der Waals surface area contributed by atoms with E-state index in [0.29, 0.717) is 6.42 Å². The van der Waals surface area contributed by atoms with Crippen molar-refractivity contribution in [2.45, 2.75) is 19.4 Å². The van der Waals surface area contributed by atoms with Crippen LogP contribution in [0.25, 0.3) is 0 Å². The van der Waals surface area contributed by atoms with Gasteiger partial charge < -0.3 is 14.8 Å². The molecule has 0 fully saturated rings. The average Bonchev–Trinajstić information content (AvgIpc) is 2.37. The molecule has 0 amide bonds. The van der Waals surface area contributed by atoms with Crippen LogP contribution < -0.4 is 14.8 Å². The van der Waals surface area contributed by atoms with E-state index in [1.165, 1.54) is 0 Å². The Hall–Kier alpha value is -1.66. The minimum atomic E-state index is 0.117. The average molecular weight is 233 g/mol. The molecule has 0 aliphatic carbocycles. The molecule has 1 aromatic carbocycles. The second kappa shape index (κ2) is 6.82. The predicted octanol–water partition coefficient (Wildman–Crippen LogP) is 2.38. The quantitative estimate of drug-likeness (QED) is 0.765. The molecule has 0 aromatic heterocycles. The van der Waals surface area contributed by atoms with Crippen LogP contribution in [0, 0.1) is 12.3 Å². The van der Waals surface area contributed by atoms with Crippen molar-refractivity contribution in [3.8, 4) is 23.8 Å². The summed E-state index contributed by atoms with van der Waals surface area (Å²) in [6.07, 6.45) is 6.02. The summed E-state index contributed by atoms with van der Waals surface area (Å²) < 4.78 is 10.5. The van der Waals surface area contributed by atoms with Gasteiger partial charge in [0, 0.05) is 24.1 Å². The van der Waals surface area contributed by atoms with Gasteiger partial charge in [-0.2, -0.15) is 0 Å². The lowest BCUT2D eigenvalue weighted by atomic mass is 10.0. The van der Waals surface area contributed by atoms with Crippen molar-refractivity contribution in [3.63, 3.8) is 0 Å². The molecule has 0 saturated heterocycles. The summed E-state index contributed by atoms with van der Waals surface area (Å²) >= 11 is 0. The van der Waals surface area contributed by atoms with Gasteiger partial charge in [-0.15, -0.1) is 12.3 Å². The van der Waals surface area contributed by atoms with E-state index >= 15 is 0 Å². The highest BCUT2D eigenvalue weighted by molar-refractivity contribution is 5.42. The summed E-state index contributed by atoms with van der Waals surface area (Å²) in [5.74, 6) is 4.26. The molecule has 0 aliphatic rings. The van der Waals surface area contributed by atoms with E-state index in [0.717, 1.165) is 23.6 Å². The van der Waals surface area contributed by atoms with Gasteiger partial charge in [0.25, 0.3) is 0 Å². The minimum absolute atomic E-state index is 0.117. The Bertz CT molecular complexity index is 396. The molecular weight excluding hydrogens is 214 g/mol. The highest BCUT2D eigenvalue weighted by Gasteiger charge is 2.14. The Morgan fingerprint density at radius 1 is 1.35 bits per heavy atom. The lowest BCUT2D eigenvalue weighted by molar-refractivity contribution is 0.385. The zero-order valence-corrected chi connectivity index (χ0v) is 10.6. The molecule has 1 rings (SSSR count). The fraction of sp³-hybridized carbons (Fsp3) is 0.429. The van der Waals surface area contributed by atoms with E-state index in [4.69, 9.17) is 15.9 Å². The summed E-state index contributed by atoms with van der Waals surface area (Å²) in [4.78, 5) is 0. The smallest absolute Gasteiger partial charge is 0.127 e. The summed E-state index contributed by atoms with van der Waals surface area (Å²) in [5, 5.41) is 3.35. The SMILES string of the molecule is C#CCC(NCC)c1ccc(OC)cc1OC. The molecule has 0 radical (unpaired) electrons. The second-order valence-corrected chi connectivity index (χ2v) is 3.63. The normalized spacial score (nSPS) is 11.6. The van der Waals surface area contributed by atoms with Crippen LogP contribution in [0.2, 0.25) is 0 Å². The number of benzene rings is 1. The van der Waals surface area contributed by atoms with E-state index in [-0.39, 0.29) is 6.04 Å². The molecule has 0 heterocycles. The zero-order chi connectivity index (χ0) is 12.7. The van der Waals surface area contributed by atoms with E-state index in [1.807, 2.05) is 18.2 Å². The van der Waals surface area contributed by atoms with Crippen molar-refractivity contribution in [1.82, 2.24) is 5.32 Å². The van der Waals surface area contributed by atoms with Crippen LogP contribution in [0.4, 0.5) is 0 Å². The van der Waals surface area contributed by atoms with Crippen LogP contribution in [0.15, 0.2) is 18.2 Å². The maximum atomic E-state index is 5.39. The van der Waals surface area contributed by atoms with Gasteiger partial charge >= 0.3 is 0 Å². The number of rotatable bonds is 6. The van der Waals surface area contributed by atoms with E-state index in [9.17, 15) is 0 Å². The first kappa shape index (κ1) is 13.4. The van der Waals surface area contributed by atoms with Crippen molar-refractivity contribution >= 4 is 0 Å². The third kappa shape index (κ3) is 3.40. The number of nitrogens with one attached hydrogen (secondary N) is 1. The van der Waals surface area contributed by atoms with Gasteiger partial charge in [0.05, 0.1) is 14.2 Å². The van der Waals surface area contributed by atoms with E-state index in [2.05, 4.69) is 18.2 Å². The predicted molar refractivity (Wildman–Crippen MR) is 69.4 cm³/mol. The van der Waals surface area contributed by atoms with Gasteiger partial charge in [-0.1, -0.05) is 13.0 Å². The molecule has 0 saturated carbocycles. The number of ether oxygens (including phenoxy) is 2.